The molecule has 1 amide bonds. The summed E-state index contributed by atoms with van der Waals surface area (Å²) in [6, 6.07) is 8.28. The van der Waals surface area contributed by atoms with Crippen LogP contribution in [0.5, 0.6) is 0 Å². The fourth-order valence-corrected chi connectivity index (χ4v) is 2.96. The SMILES string of the molecule is Cc1cc(F)ccc1N1CCCC(NCC(C#N)CCC#N)C1=O. The van der Waals surface area contributed by atoms with Gasteiger partial charge in [-0.15, -0.1) is 0 Å². The summed E-state index contributed by atoms with van der Waals surface area (Å²) in [5.74, 6) is -0.641. The number of nitriles is 2. The van der Waals surface area contributed by atoms with Crippen LogP contribution in [0.3, 0.4) is 0 Å². The monoisotopic (exact) mass is 328 g/mol. The van der Waals surface area contributed by atoms with Gasteiger partial charge in [0.05, 0.1) is 24.1 Å². The summed E-state index contributed by atoms with van der Waals surface area (Å²) < 4.78 is 13.3. The average molecular weight is 328 g/mol. The summed E-state index contributed by atoms with van der Waals surface area (Å²) >= 11 is 0. The number of piperidine rings is 1. The maximum Gasteiger partial charge on any atom is 0.244 e. The second-order valence-electron chi connectivity index (χ2n) is 6.05. The summed E-state index contributed by atoms with van der Waals surface area (Å²) in [5, 5.41) is 20.9. The number of rotatable bonds is 6. The quantitative estimate of drug-likeness (QED) is 0.870. The lowest BCUT2D eigenvalue weighted by Gasteiger charge is -2.34. The molecule has 1 aromatic rings. The molecule has 5 nitrogen and oxygen atoms in total. The Morgan fingerprint density at radius 2 is 2.25 bits per heavy atom. The molecule has 1 aromatic carbocycles. The molecule has 1 fully saturated rings. The summed E-state index contributed by atoms with van der Waals surface area (Å²) in [5.41, 5.74) is 1.46. The third-order valence-electron chi connectivity index (χ3n) is 4.29. The van der Waals surface area contributed by atoms with Crippen LogP contribution in [0.25, 0.3) is 0 Å². The lowest BCUT2D eigenvalue weighted by Crippen LogP contribution is -2.52. The molecule has 0 radical (unpaired) electrons. The van der Waals surface area contributed by atoms with Gasteiger partial charge < -0.3 is 10.2 Å². The molecule has 1 aliphatic heterocycles. The first-order chi connectivity index (χ1) is 11.6. The van der Waals surface area contributed by atoms with Crippen LogP contribution in [-0.4, -0.2) is 25.0 Å². The van der Waals surface area contributed by atoms with Crippen molar-refractivity contribution in [2.75, 3.05) is 18.0 Å². The summed E-state index contributed by atoms with van der Waals surface area (Å²) in [4.78, 5) is 14.4. The van der Waals surface area contributed by atoms with Crippen LogP contribution in [0.1, 0.15) is 31.2 Å². The largest absolute Gasteiger partial charge is 0.311 e. The van der Waals surface area contributed by atoms with Crippen molar-refractivity contribution in [3.05, 3.63) is 29.6 Å². The minimum absolute atomic E-state index is 0.0482. The van der Waals surface area contributed by atoms with Crippen molar-refractivity contribution in [1.82, 2.24) is 5.32 Å². The normalized spacial score (nSPS) is 18.8. The van der Waals surface area contributed by atoms with Crippen molar-refractivity contribution >= 4 is 11.6 Å². The molecule has 2 atom stereocenters. The number of carbonyl (C=O) groups is 1. The van der Waals surface area contributed by atoms with Crippen molar-refractivity contribution in [1.29, 1.82) is 10.5 Å². The number of anilines is 1. The van der Waals surface area contributed by atoms with Crippen molar-refractivity contribution in [2.45, 2.75) is 38.6 Å². The molecule has 2 unspecified atom stereocenters. The molecular formula is C18H21FN4O. The zero-order valence-corrected chi connectivity index (χ0v) is 13.8. The number of aryl methyl sites for hydroxylation is 1. The zero-order valence-electron chi connectivity index (χ0n) is 13.8. The number of halogens is 1. The first-order valence-electron chi connectivity index (χ1n) is 8.14. The Balaban J connectivity index is 2.02. The minimum Gasteiger partial charge on any atom is -0.311 e. The molecule has 1 saturated heterocycles. The summed E-state index contributed by atoms with van der Waals surface area (Å²) in [6.07, 6.45) is 2.39. The number of benzene rings is 1. The Labute approximate surface area is 141 Å². The van der Waals surface area contributed by atoms with Gasteiger partial charge in [-0.25, -0.2) is 4.39 Å². The van der Waals surface area contributed by atoms with E-state index in [-0.39, 0.29) is 23.7 Å². The van der Waals surface area contributed by atoms with Crippen molar-refractivity contribution in [3.8, 4) is 12.1 Å². The van der Waals surface area contributed by atoms with E-state index in [1.165, 1.54) is 12.1 Å². The van der Waals surface area contributed by atoms with E-state index in [2.05, 4.69) is 11.4 Å². The van der Waals surface area contributed by atoms with Gasteiger partial charge in [0.15, 0.2) is 0 Å². The number of nitrogens with zero attached hydrogens (tertiary/aromatic N) is 3. The Hall–Kier alpha value is -2.44. The highest BCUT2D eigenvalue weighted by Gasteiger charge is 2.30. The molecule has 1 aliphatic rings. The number of nitrogens with one attached hydrogen (secondary N) is 1. The molecule has 1 heterocycles. The molecule has 6 heteroatoms. The van der Waals surface area contributed by atoms with E-state index in [4.69, 9.17) is 10.5 Å². The van der Waals surface area contributed by atoms with Crippen molar-refractivity contribution in [3.63, 3.8) is 0 Å². The second-order valence-corrected chi connectivity index (χ2v) is 6.05. The van der Waals surface area contributed by atoms with Crippen LogP contribution in [0.4, 0.5) is 10.1 Å². The van der Waals surface area contributed by atoms with Gasteiger partial charge in [0, 0.05) is 25.2 Å². The van der Waals surface area contributed by atoms with Crippen molar-refractivity contribution < 1.29 is 9.18 Å². The molecule has 0 saturated carbocycles. The van der Waals surface area contributed by atoms with Crippen LogP contribution < -0.4 is 10.2 Å². The first kappa shape index (κ1) is 17.9. The molecule has 0 bridgehead atoms. The third kappa shape index (κ3) is 4.31. The maximum absolute atomic E-state index is 13.3. The highest BCUT2D eigenvalue weighted by Crippen LogP contribution is 2.25. The van der Waals surface area contributed by atoms with Crippen LogP contribution >= 0.6 is 0 Å². The molecule has 0 aromatic heterocycles. The summed E-state index contributed by atoms with van der Waals surface area (Å²) in [6.45, 7) is 2.79. The van der Waals surface area contributed by atoms with Crippen LogP contribution in [0.15, 0.2) is 18.2 Å². The van der Waals surface area contributed by atoms with E-state index in [9.17, 15) is 9.18 Å². The summed E-state index contributed by atoms with van der Waals surface area (Å²) in [7, 11) is 0. The minimum atomic E-state index is -0.346. The fourth-order valence-electron chi connectivity index (χ4n) is 2.96. The molecular weight excluding hydrogens is 307 g/mol. The van der Waals surface area contributed by atoms with Gasteiger partial charge >= 0.3 is 0 Å². The van der Waals surface area contributed by atoms with Gasteiger partial charge in [-0.2, -0.15) is 10.5 Å². The maximum atomic E-state index is 13.3. The number of amides is 1. The predicted octanol–water partition coefficient (Wildman–Crippen LogP) is 2.66. The smallest absolute Gasteiger partial charge is 0.244 e. The van der Waals surface area contributed by atoms with E-state index in [1.54, 1.807) is 17.9 Å². The van der Waals surface area contributed by atoms with E-state index in [1.807, 2.05) is 6.07 Å². The molecule has 2 rings (SSSR count). The van der Waals surface area contributed by atoms with Crippen LogP contribution in [0, 0.1) is 41.3 Å². The molecule has 0 spiro atoms. The van der Waals surface area contributed by atoms with Gasteiger partial charge in [-0.3, -0.25) is 4.79 Å². The predicted molar refractivity (Wildman–Crippen MR) is 88.5 cm³/mol. The van der Waals surface area contributed by atoms with E-state index in [0.717, 1.165) is 17.7 Å². The van der Waals surface area contributed by atoms with Gasteiger partial charge in [0.2, 0.25) is 5.91 Å². The number of carbonyl (C=O) groups excluding carboxylic acids is 1. The third-order valence-corrected chi connectivity index (χ3v) is 4.29. The first-order valence-corrected chi connectivity index (χ1v) is 8.14. The molecule has 24 heavy (non-hydrogen) atoms. The van der Waals surface area contributed by atoms with E-state index in [0.29, 0.717) is 32.4 Å². The second kappa shape index (κ2) is 8.42. The van der Waals surface area contributed by atoms with Gasteiger partial charge in [0.1, 0.15) is 5.82 Å². The lowest BCUT2D eigenvalue weighted by atomic mass is 10.0. The van der Waals surface area contributed by atoms with Crippen LogP contribution in [-0.2, 0) is 4.79 Å². The van der Waals surface area contributed by atoms with Crippen molar-refractivity contribution in [2.24, 2.45) is 5.92 Å². The van der Waals surface area contributed by atoms with E-state index >= 15 is 0 Å². The van der Waals surface area contributed by atoms with Gasteiger partial charge in [0.25, 0.3) is 0 Å². The average Bonchev–Trinajstić information content (AvgIpc) is 2.57. The Kier molecular flexibility index (Phi) is 6.28. The Bertz CT molecular complexity index is 677. The Morgan fingerprint density at radius 1 is 1.46 bits per heavy atom. The fraction of sp³-hybridized carbons (Fsp3) is 0.500. The zero-order chi connectivity index (χ0) is 17.5. The highest BCUT2D eigenvalue weighted by atomic mass is 19.1. The molecule has 1 N–H and O–H groups in total. The number of hydrogen-bond acceptors (Lipinski definition) is 4. The van der Waals surface area contributed by atoms with E-state index < -0.39 is 0 Å². The lowest BCUT2D eigenvalue weighted by molar-refractivity contribution is -0.121. The molecule has 0 aliphatic carbocycles. The number of hydrogen-bond donors (Lipinski definition) is 1. The van der Waals surface area contributed by atoms with Gasteiger partial charge in [-0.1, -0.05) is 0 Å². The van der Waals surface area contributed by atoms with Gasteiger partial charge in [-0.05, 0) is 49.9 Å². The van der Waals surface area contributed by atoms with Crippen LogP contribution in [0.2, 0.25) is 0 Å². The topological polar surface area (TPSA) is 79.9 Å². The standard InChI is InChI=1S/C18H21FN4O/c1-13-10-15(19)6-7-17(13)23-9-3-5-16(18(23)24)22-12-14(11-21)4-2-8-20/h6-7,10,14,16,22H,2-5,9,12H2,1H3. The highest BCUT2D eigenvalue weighted by molar-refractivity contribution is 5.98. The molecule has 126 valence electrons. The Morgan fingerprint density at radius 3 is 2.92 bits per heavy atom.